The summed E-state index contributed by atoms with van der Waals surface area (Å²) in [6.45, 7) is 1.98. The fourth-order valence-electron chi connectivity index (χ4n) is 0.908. The maximum atomic E-state index is 8.98. The number of rotatable bonds is 4. The minimum absolute atomic E-state index is 0.299. The van der Waals surface area contributed by atoms with Crippen LogP contribution in [0.2, 0.25) is 0 Å². The van der Waals surface area contributed by atoms with E-state index in [1.54, 1.807) is 20.1 Å². The standard InChI is InChI=1S/C10H14O3/c1-8(11)7-13-10-5-3-4-9(6-10)12-2/h3-6,8,11H,7H2,1-2H3/t8-/m0/s1. The van der Waals surface area contributed by atoms with E-state index in [9.17, 15) is 0 Å². The molecule has 0 spiro atoms. The highest BCUT2D eigenvalue weighted by molar-refractivity contribution is 5.32. The number of ether oxygens (including phenoxy) is 2. The monoisotopic (exact) mass is 182 g/mol. The zero-order chi connectivity index (χ0) is 9.68. The van der Waals surface area contributed by atoms with Crippen molar-refractivity contribution >= 4 is 0 Å². The lowest BCUT2D eigenvalue weighted by Crippen LogP contribution is -2.12. The maximum absolute atomic E-state index is 8.98. The Kier molecular flexibility index (Phi) is 3.58. The van der Waals surface area contributed by atoms with Crippen LogP contribution in [0.15, 0.2) is 24.3 Å². The zero-order valence-electron chi connectivity index (χ0n) is 7.86. The summed E-state index contributed by atoms with van der Waals surface area (Å²) in [4.78, 5) is 0. The summed E-state index contributed by atoms with van der Waals surface area (Å²) in [5.41, 5.74) is 0. The van der Waals surface area contributed by atoms with Crippen molar-refractivity contribution in [3.8, 4) is 11.5 Å². The van der Waals surface area contributed by atoms with Gasteiger partial charge in [-0.15, -0.1) is 0 Å². The van der Waals surface area contributed by atoms with E-state index in [0.29, 0.717) is 12.4 Å². The van der Waals surface area contributed by atoms with Gasteiger partial charge in [-0.1, -0.05) is 6.07 Å². The molecule has 1 atom stereocenters. The Bertz CT molecular complexity index is 258. The molecule has 1 aromatic carbocycles. The Morgan fingerprint density at radius 1 is 1.38 bits per heavy atom. The van der Waals surface area contributed by atoms with E-state index in [-0.39, 0.29) is 0 Å². The Hall–Kier alpha value is -1.22. The van der Waals surface area contributed by atoms with E-state index in [1.165, 1.54) is 0 Å². The van der Waals surface area contributed by atoms with E-state index in [4.69, 9.17) is 14.6 Å². The van der Waals surface area contributed by atoms with E-state index >= 15 is 0 Å². The quantitative estimate of drug-likeness (QED) is 0.766. The van der Waals surface area contributed by atoms with Gasteiger partial charge in [-0.05, 0) is 19.1 Å². The molecule has 72 valence electrons. The fourth-order valence-corrected chi connectivity index (χ4v) is 0.908. The first-order valence-corrected chi connectivity index (χ1v) is 4.17. The molecule has 0 bridgehead atoms. The minimum Gasteiger partial charge on any atom is -0.497 e. The van der Waals surface area contributed by atoms with Gasteiger partial charge in [-0.25, -0.2) is 0 Å². The van der Waals surface area contributed by atoms with Crippen LogP contribution in [0.5, 0.6) is 11.5 Å². The molecule has 0 aliphatic rings. The van der Waals surface area contributed by atoms with Gasteiger partial charge < -0.3 is 14.6 Å². The van der Waals surface area contributed by atoms with Crippen molar-refractivity contribution < 1.29 is 14.6 Å². The Balaban J connectivity index is 2.56. The molecule has 0 saturated carbocycles. The number of aliphatic hydroxyl groups is 1. The molecule has 0 amide bonds. The molecule has 0 heterocycles. The number of hydrogen-bond donors (Lipinski definition) is 1. The number of methoxy groups -OCH3 is 1. The predicted octanol–water partition coefficient (Wildman–Crippen LogP) is 1.45. The third-order valence-electron chi connectivity index (χ3n) is 1.53. The fraction of sp³-hybridized carbons (Fsp3) is 0.400. The molecule has 0 saturated heterocycles. The summed E-state index contributed by atoms with van der Waals surface area (Å²) in [6, 6.07) is 7.29. The van der Waals surface area contributed by atoms with Gasteiger partial charge in [0, 0.05) is 6.07 Å². The number of aliphatic hydroxyl groups excluding tert-OH is 1. The average Bonchev–Trinajstić information content (AvgIpc) is 2.15. The highest BCUT2D eigenvalue weighted by atomic mass is 16.5. The SMILES string of the molecule is COc1cccc(OC[C@H](C)O)c1. The molecule has 0 unspecified atom stereocenters. The maximum Gasteiger partial charge on any atom is 0.123 e. The van der Waals surface area contributed by atoms with Gasteiger partial charge >= 0.3 is 0 Å². The van der Waals surface area contributed by atoms with Crippen molar-refractivity contribution in [1.82, 2.24) is 0 Å². The summed E-state index contributed by atoms with van der Waals surface area (Å²) < 4.78 is 10.3. The highest BCUT2D eigenvalue weighted by Crippen LogP contribution is 2.18. The van der Waals surface area contributed by atoms with Gasteiger partial charge in [-0.3, -0.25) is 0 Å². The molecule has 0 aromatic heterocycles. The first-order valence-electron chi connectivity index (χ1n) is 4.17. The van der Waals surface area contributed by atoms with Crippen LogP contribution < -0.4 is 9.47 Å². The van der Waals surface area contributed by atoms with Crippen molar-refractivity contribution in [2.24, 2.45) is 0 Å². The molecule has 1 rings (SSSR count). The van der Waals surface area contributed by atoms with Gasteiger partial charge in [-0.2, -0.15) is 0 Å². The van der Waals surface area contributed by atoms with E-state index in [0.717, 1.165) is 5.75 Å². The predicted molar refractivity (Wildman–Crippen MR) is 50.2 cm³/mol. The molecule has 0 radical (unpaired) electrons. The van der Waals surface area contributed by atoms with Crippen molar-refractivity contribution in [3.05, 3.63) is 24.3 Å². The highest BCUT2D eigenvalue weighted by Gasteiger charge is 1.98. The van der Waals surface area contributed by atoms with Crippen LogP contribution in [0, 0.1) is 0 Å². The summed E-state index contributed by atoms with van der Waals surface area (Å²) in [7, 11) is 1.60. The summed E-state index contributed by atoms with van der Waals surface area (Å²) in [5.74, 6) is 1.46. The summed E-state index contributed by atoms with van der Waals surface area (Å²) >= 11 is 0. The molecule has 0 aliphatic heterocycles. The van der Waals surface area contributed by atoms with E-state index in [1.807, 2.05) is 18.2 Å². The summed E-state index contributed by atoms with van der Waals surface area (Å²) in [5, 5.41) is 8.98. The second kappa shape index (κ2) is 4.72. The second-order valence-electron chi connectivity index (χ2n) is 2.84. The third kappa shape index (κ3) is 3.34. The lowest BCUT2D eigenvalue weighted by Gasteiger charge is -2.08. The van der Waals surface area contributed by atoms with Crippen molar-refractivity contribution in [1.29, 1.82) is 0 Å². The van der Waals surface area contributed by atoms with Gasteiger partial charge in [0.2, 0.25) is 0 Å². The van der Waals surface area contributed by atoms with Gasteiger partial charge in [0.15, 0.2) is 0 Å². The summed E-state index contributed by atoms with van der Waals surface area (Å²) in [6.07, 6.45) is -0.453. The van der Waals surface area contributed by atoms with Crippen molar-refractivity contribution in [2.75, 3.05) is 13.7 Å². The molecule has 0 aliphatic carbocycles. The van der Waals surface area contributed by atoms with E-state index in [2.05, 4.69) is 0 Å². The van der Waals surface area contributed by atoms with Crippen LogP contribution in [-0.2, 0) is 0 Å². The minimum atomic E-state index is -0.453. The first-order chi connectivity index (χ1) is 6.22. The molecule has 1 N–H and O–H groups in total. The molecule has 1 aromatic rings. The topological polar surface area (TPSA) is 38.7 Å². The van der Waals surface area contributed by atoms with Crippen LogP contribution in [0.25, 0.3) is 0 Å². The van der Waals surface area contributed by atoms with Crippen molar-refractivity contribution in [3.63, 3.8) is 0 Å². The smallest absolute Gasteiger partial charge is 0.123 e. The first kappa shape index (κ1) is 9.86. The average molecular weight is 182 g/mol. The number of hydrogen-bond acceptors (Lipinski definition) is 3. The zero-order valence-corrected chi connectivity index (χ0v) is 7.86. The van der Waals surface area contributed by atoms with Gasteiger partial charge in [0.05, 0.1) is 13.2 Å². The Morgan fingerprint density at radius 3 is 2.69 bits per heavy atom. The van der Waals surface area contributed by atoms with Crippen LogP contribution in [0.3, 0.4) is 0 Å². The van der Waals surface area contributed by atoms with Crippen LogP contribution in [0.4, 0.5) is 0 Å². The normalized spacial score (nSPS) is 12.2. The molecular weight excluding hydrogens is 168 g/mol. The Morgan fingerprint density at radius 2 is 2.08 bits per heavy atom. The lowest BCUT2D eigenvalue weighted by atomic mass is 10.3. The van der Waals surface area contributed by atoms with Crippen LogP contribution in [-0.4, -0.2) is 24.9 Å². The van der Waals surface area contributed by atoms with Crippen LogP contribution in [0.1, 0.15) is 6.92 Å². The second-order valence-corrected chi connectivity index (χ2v) is 2.84. The lowest BCUT2D eigenvalue weighted by molar-refractivity contribution is 0.122. The van der Waals surface area contributed by atoms with Gasteiger partial charge in [0.25, 0.3) is 0 Å². The molecule has 13 heavy (non-hydrogen) atoms. The Labute approximate surface area is 77.9 Å². The van der Waals surface area contributed by atoms with Gasteiger partial charge in [0.1, 0.15) is 18.1 Å². The molecule has 0 fully saturated rings. The third-order valence-corrected chi connectivity index (χ3v) is 1.53. The molecular formula is C10H14O3. The molecule has 3 nitrogen and oxygen atoms in total. The number of benzene rings is 1. The molecule has 3 heteroatoms. The van der Waals surface area contributed by atoms with E-state index < -0.39 is 6.10 Å². The largest absolute Gasteiger partial charge is 0.497 e. The van der Waals surface area contributed by atoms with Crippen LogP contribution >= 0.6 is 0 Å². The van der Waals surface area contributed by atoms with Crippen molar-refractivity contribution in [2.45, 2.75) is 13.0 Å².